The summed E-state index contributed by atoms with van der Waals surface area (Å²) in [4.78, 5) is 17.7. The van der Waals surface area contributed by atoms with Gasteiger partial charge in [-0.2, -0.15) is 0 Å². The Labute approximate surface area is 159 Å². The Hall–Kier alpha value is -0.650. The lowest BCUT2D eigenvalue weighted by Gasteiger charge is -2.51. The van der Waals surface area contributed by atoms with Crippen molar-refractivity contribution >= 4 is 5.91 Å². The number of amides is 1. The van der Waals surface area contributed by atoms with Crippen molar-refractivity contribution < 1.29 is 14.6 Å². The molecule has 0 bridgehead atoms. The molecular weight excluding hydrogens is 328 g/mol. The van der Waals surface area contributed by atoms with Crippen LogP contribution in [0.5, 0.6) is 0 Å². The minimum absolute atomic E-state index is 0.121. The summed E-state index contributed by atoms with van der Waals surface area (Å²) in [6.45, 7) is 5.34. The molecule has 2 saturated heterocycles. The Morgan fingerprint density at radius 3 is 2.58 bits per heavy atom. The van der Waals surface area contributed by atoms with Crippen molar-refractivity contribution in [3.63, 3.8) is 0 Å². The molecule has 1 saturated carbocycles. The molecule has 1 amide bonds. The maximum Gasteiger partial charge on any atom is 0.225 e. The van der Waals surface area contributed by atoms with Crippen molar-refractivity contribution in [2.45, 2.75) is 70.3 Å². The van der Waals surface area contributed by atoms with Crippen molar-refractivity contribution in [1.29, 1.82) is 0 Å². The van der Waals surface area contributed by atoms with Crippen LogP contribution in [0.1, 0.15) is 64.2 Å². The number of carbonyl (C=O) groups is 1. The van der Waals surface area contributed by atoms with Gasteiger partial charge in [-0.3, -0.25) is 4.79 Å². The van der Waals surface area contributed by atoms with Gasteiger partial charge in [-0.15, -0.1) is 0 Å². The number of methoxy groups -OCH3 is 1. The van der Waals surface area contributed by atoms with E-state index in [9.17, 15) is 9.90 Å². The molecule has 3 rings (SSSR count). The average Bonchev–Trinajstić information content (AvgIpc) is 2.94. The monoisotopic (exact) mass is 366 g/mol. The van der Waals surface area contributed by atoms with Gasteiger partial charge in [-0.1, -0.05) is 25.7 Å². The number of carbonyl (C=O) groups excluding carboxylic acids is 1. The molecule has 1 N–H and O–H groups in total. The van der Waals surface area contributed by atoms with Crippen LogP contribution in [0.4, 0.5) is 0 Å². The lowest BCUT2D eigenvalue weighted by Crippen LogP contribution is -2.60. The predicted molar refractivity (Wildman–Crippen MR) is 103 cm³/mol. The summed E-state index contributed by atoms with van der Waals surface area (Å²) in [5.41, 5.74) is -0.121. The van der Waals surface area contributed by atoms with Crippen molar-refractivity contribution in [2.24, 2.45) is 11.3 Å². The Bertz CT molecular complexity index is 451. The molecule has 1 unspecified atom stereocenters. The molecule has 0 aromatic heterocycles. The minimum Gasteiger partial charge on any atom is -0.392 e. The summed E-state index contributed by atoms with van der Waals surface area (Å²) < 4.78 is 5.19. The molecule has 3 fully saturated rings. The first kappa shape index (κ1) is 20.1. The second-order valence-electron chi connectivity index (χ2n) is 8.84. The first-order chi connectivity index (χ1) is 12.6. The fourth-order valence-corrected chi connectivity index (χ4v) is 5.40. The van der Waals surface area contributed by atoms with E-state index >= 15 is 0 Å². The van der Waals surface area contributed by atoms with Gasteiger partial charge in [0, 0.05) is 57.8 Å². The van der Waals surface area contributed by atoms with Crippen LogP contribution >= 0.6 is 0 Å². The lowest BCUT2D eigenvalue weighted by atomic mass is 9.71. The van der Waals surface area contributed by atoms with Crippen LogP contribution in [0.15, 0.2) is 0 Å². The number of piperidine rings is 2. The summed E-state index contributed by atoms with van der Waals surface area (Å²) in [7, 11) is 1.75. The summed E-state index contributed by atoms with van der Waals surface area (Å²) >= 11 is 0. The highest BCUT2D eigenvalue weighted by molar-refractivity contribution is 5.79. The highest BCUT2D eigenvalue weighted by atomic mass is 16.5. The van der Waals surface area contributed by atoms with E-state index in [2.05, 4.69) is 9.80 Å². The average molecular weight is 367 g/mol. The number of nitrogens with zero attached hydrogens (tertiary/aromatic N) is 2. The topological polar surface area (TPSA) is 53.0 Å². The van der Waals surface area contributed by atoms with Crippen LogP contribution in [0.2, 0.25) is 0 Å². The van der Waals surface area contributed by atoms with Crippen LogP contribution in [0.3, 0.4) is 0 Å². The minimum atomic E-state index is -0.272. The SMILES string of the molecule is COCCCN1CCC(O)[C@]2(CCCN(C(=O)C3CCCCCC3)C2)C1. The second-order valence-corrected chi connectivity index (χ2v) is 8.84. The molecule has 2 aliphatic heterocycles. The highest BCUT2D eigenvalue weighted by Crippen LogP contribution is 2.39. The van der Waals surface area contributed by atoms with Crippen LogP contribution in [0.25, 0.3) is 0 Å². The summed E-state index contributed by atoms with van der Waals surface area (Å²) in [6, 6.07) is 0. The van der Waals surface area contributed by atoms with Gasteiger partial charge >= 0.3 is 0 Å². The fourth-order valence-electron chi connectivity index (χ4n) is 5.40. The Kier molecular flexibility index (Phi) is 7.35. The van der Waals surface area contributed by atoms with Crippen molar-refractivity contribution in [2.75, 3.05) is 46.4 Å². The second kappa shape index (κ2) is 9.52. The van der Waals surface area contributed by atoms with Gasteiger partial charge in [-0.25, -0.2) is 0 Å². The van der Waals surface area contributed by atoms with E-state index in [1.54, 1.807) is 7.11 Å². The molecule has 2 heterocycles. The molecule has 1 spiro atoms. The van der Waals surface area contributed by atoms with Crippen LogP contribution in [0, 0.1) is 11.3 Å². The Morgan fingerprint density at radius 2 is 1.85 bits per heavy atom. The number of aliphatic hydroxyl groups excluding tert-OH is 1. The zero-order valence-electron chi connectivity index (χ0n) is 16.6. The zero-order chi connectivity index (χ0) is 18.4. The summed E-state index contributed by atoms with van der Waals surface area (Å²) in [6.07, 6.45) is 10.8. The molecule has 0 aromatic carbocycles. The summed E-state index contributed by atoms with van der Waals surface area (Å²) in [5.74, 6) is 0.598. The van der Waals surface area contributed by atoms with E-state index in [-0.39, 0.29) is 17.4 Å². The van der Waals surface area contributed by atoms with Gasteiger partial charge in [0.15, 0.2) is 0 Å². The molecule has 5 nitrogen and oxygen atoms in total. The maximum atomic E-state index is 13.1. The van der Waals surface area contributed by atoms with Crippen molar-refractivity contribution in [3.8, 4) is 0 Å². The van der Waals surface area contributed by atoms with Crippen LogP contribution in [-0.4, -0.2) is 73.4 Å². The molecule has 0 radical (unpaired) electrons. The third-order valence-electron chi connectivity index (χ3n) is 6.91. The van der Waals surface area contributed by atoms with Gasteiger partial charge in [0.05, 0.1) is 6.10 Å². The largest absolute Gasteiger partial charge is 0.392 e. The number of ether oxygens (including phenoxy) is 1. The van der Waals surface area contributed by atoms with Crippen LogP contribution in [-0.2, 0) is 9.53 Å². The lowest BCUT2D eigenvalue weighted by molar-refractivity contribution is -0.146. The smallest absolute Gasteiger partial charge is 0.225 e. The van der Waals surface area contributed by atoms with Gasteiger partial charge in [0.25, 0.3) is 0 Å². The molecule has 3 aliphatic rings. The van der Waals surface area contributed by atoms with Crippen LogP contribution < -0.4 is 0 Å². The first-order valence-electron chi connectivity index (χ1n) is 10.8. The third-order valence-corrected chi connectivity index (χ3v) is 6.91. The summed E-state index contributed by atoms with van der Waals surface area (Å²) in [5, 5.41) is 10.8. The standard InChI is InChI=1S/C21H38N2O3/c1-26-15-7-12-22-14-10-19(24)21(16-22)11-6-13-23(17-21)20(25)18-8-4-2-3-5-9-18/h18-19,24H,2-17H2,1H3/t19?,21-/m1/s1. The van der Waals surface area contributed by atoms with Crippen molar-refractivity contribution in [3.05, 3.63) is 0 Å². The van der Waals surface area contributed by atoms with E-state index in [4.69, 9.17) is 4.74 Å². The van der Waals surface area contributed by atoms with Gasteiger partial charge < -0.3 is 19.6 Å². The molecular formula is C21H38N2O3. The molecule has 1 aliphatic carbocycles. The number of hydrogen-bond donors (Lipinski definition) is 1. The highest BCUT2D eigenvalue weighted by Gasteiger charge is 2.46. The molecule has 26 heavy (non-hydrogen) atoms. The third kappa shape index (κ3) is 4.79. The number of aliphatic hydroxyl groups is 1. The maximum absolute atomic E-state index is 13.1. The van der Waals surface area contributed by atoms with E-state index in [0.29, 0.717) is 5.91 Å². The van der Waals surface area contributed by atoms with E-state index in [1.807, 2.05) is 0 Å². The Morgan fingerprint density at radius 1 is 1.08 bits per heavy atom. The number of likely N-dealkylation sites (tertiary alicyclic amines) is 2. The Balaban J connectivity index is 1.62. The van der Waals surface area contributed by atoms with Gasteiger partial charge in [0.1, 0.15) is 0 Å². The van der Waals surface area contributed by atoms with Gasteiger partial charge in [-0.05, 0) is 38.5 Å². The molecule has 2 atom stereocenters. The van der Waals surface area contributed by atoms with E-state index in [1.165, 1.54) is 25.7 Å². The normalized spacial score (nSPS) is 31.9. The quantitative estimate of drug-likeness (QED) is 0.600. The first-order valence-corrected chi connectivity index (χ1v) is 10.8. The van der Waals surface area contributed by atoms with Crippen molar-refractivity contribution in [1.82, 2.24) is 9.80 Å². The van der Waals surface area contributed by atoms with E-state index < -0.39 is 0 Å². The zero-order valence-corrected chi connectivity index (χ0v) is 16.6. The van der Waals surface area contributed by atoms with E-state index in [0.717, 1.165) is 77.9 Å². The molecule has 5 heteroatoms. The molecule has 150 valence electrons. The fraction of sp³-hybridized carbons (Fsp3) is 0.952. The number of hydrogen-bond acceptors (Lipinski definition) is 4. The van der Waals surface area contributed by atoms with Gasteiger partial charge in [0.2, 0.25) is 5.91 Å². The predicted octanol–water partition coefficient (Wildman–Crippen LogP) is 2.67. The number of rotatable bonds is 5. The molecule has 0 aromatic rings.